The average Bonchev–Trinajstić information content (AvgIpc) is 3.08. The number of nitro groups is 1. The summed E-state index contributed by atoms with van der Waals surface area (Å²) in [5, 5.41) is 12.0. The lowest BCUT2D eigenvalue weighted by molar-refractivity contribution is -0.384. The molecule has 0 saturated heterocycles. The molecule has 0 radical (unpaired) electrons. The van der Waals surface area contributed by atoms with Gasteiger partial charge in [-0.05, 0) is 49.1 Å². The summed E-state index contributed by atoms with van der Waals surface area (Å²) in [6.45, 7) is 4.51. The summed E-state index contributed by atoms with van der Waals surface area (Å²) in [7, 11) is 0. The SMILES string of the molecule is Cc1nc2ccccc2c(C)c1CC(=O)N1CCc2cc([N+](=O)[O-])ccc21. The molecule has 1 aliphatic heterocycles. The first kappa shape index (κ1) is 17.1. The van der Waals surface area contributed by atoms with Crippen molar-refractivity contribution in [3.8, 4) is 0 Å². The number of rotatable bonds is 3. The highest BCUT2D eigenvalue weighted by Gasteiger charge is 2.27. The Hall–Kier alpha value is -3.28. The van der Waals surface area contributed by atoms with Gasteiger partial charge in [0, 0.05) is 35.4 Å². The van der Waals surface area contributed by atoms with Gasteiger partial charge < -0.3 is 4.90 Å². The van der Waals surface area contributed by atoms with E-state index in [1.54, 1.807) is 17.0 Å². The molecule has 0 bridgehead atoms. The van der Waals surface area contributed by atoms with Crippen molar-refractivity contribution in [2.45, 2.75) is 26.7 Å². The van der Waals surface area contributed by atoms with Gasteiger partial charge in [0.2, 0.25) is 5.91 Å². The van der Waals surface area contributed by atoms with Gasteiger partial charge in [-0.2, -0.15) is 0 Å². The summed E-state index contributed by atoms with van der Waals surface area (Å²) in [6, 6.07) is 12.6. The molecule has 0 unspecified atom stereocenters. The molecule has 2 aromatic carbocycles. The molecule has 0 saturated carbocycles. The first-order chi connectivity index (χ1) is 13.0. The van der Waals surface area contributed by atoms with Crippen LogP contribution in [0.25, 0.3) is 10.9 Å². The number of fused-ring (bicyclic) bond motifs is 2. The lowest BCUT2D eigenvalue weighted by Gasteiger charge is -2.19. The van der Waals surface area contributed by atoms with Gasteiger partial charge in [-0.15, -0.1) is 0 Å². The van der Waals surface area contributed by atoms with Gasteiger partial charge >= 0.3 is 0 Å². The van der Waals surface area contributed by atoms with E-state index >= 15 is 0 Å². The molecule has 1 amide bonds. The predicted octanol–water partition coefficient (Wildman–Crippen LogP) is 3.89. The Morgan fingerprint density at radius 1 is 1.22 bits per heavy atom. The number of hydrogen-bond acceptors (Lipinski definition) is 4. The van der Waals surface area contributed by atoms with Crippen LogP contribution in [0.5, 0.6) is 0 Å². The third-order valence-electron chi connectivity index (χ3n) is 5.28. The fourth-order valence-corrected chi connectivity index (χ4v) is 3.84. The van der Waals surface area contributed by atoms with Crippen molar-refractivity contribution in [2.24, 2.45) is 0 Å². The summed E-state index contributed by atoms with van der Waals surface area (Å²) < 4.78 is 0. The molecule has 2 heterocycles. The molecule has 6 heteroatoms. The molecule has 1 aliphatic rings. The molecule has 6 nitrogen and oxygen atoms in total. The third-order valence-corrected chi connectivity index (χ3v) is 5.28. The molecule has 3 aromatic rings. The molecular formula is C21H19N3O3. The number of aromatic nitrogens is 1. The lowest BCUT2D eigenvalue weighted by atomic mass is 9.99. The highest BCUT2D eigenvalue weighted by atomic mass is 16.6. The Kier molecular flexibility index (Phi) is 4.11. The highest BCUT2D eigenvalue weighted by Crippen LogP contribution is 2.32. The van der Waals surface area contributed by atoms with E-state index in [0.29, 0.717) is 13.0 Å². The molecule has 0 N–H and O–H groups in total. The number of amides is 1. The topological polar surface area (TPSA) is 76.3 Å². The minimum absolute atomic E-state index is 0.00844. The number of nitro benzene ring substituents is 1. The van der Waals surface area contributed by atoms with Crippen molar-refractivity contribution in [3.63, 3.8) is 0 Å². The molecule has 136 valence electrons. The molecule has 4 rings (SSSR count). The quantitative estimate of drug-likeness (QED) is 0.524. The molecule has 27 heavy (non-hydrogen) atoms. The van der Waals surface area contributed by atoms with Crippen LogP contribution in [0.15, 0.2) is 42.5 Å². The van der Waals surface area contributed by atoms with Crippen molar-refractivity contribution in [2.75, 3.05) is 11.4 Å². The maximum atomic E-state index is 13.0. The first-order valence-electron chi connectivity index (χ1n) is 8.88. The fraction of sp³-hybridized carbons (Fsp3) is 0.238. The van der Waals surface area contributed by atoms with E-state index in [9.17, 15) is 14.9 Å². The van der Waals surface area contributed by atoms with Crippen molar-refractivity contribution in [3.05, 3.63) is 75.0 Å². The van der Waals surface area contributed by atoms with Crippen LogP contribution in [0.2, 0.25) is 0 Å². The van der Waals surface area contributed by atoms with Crippen molar-refractivity contribution < 1.29 is 9.72 Å². The predicted molar refractivity (Wildman–Crippen MR) is 104 cm³/mol. The van der Waals surface area contributed by atoms with Gasteiger partial charge in [-0.25, -0.2) is 0 Å². The van der Waals surface area contributed by atoms with Gasteiger partial charge in [0.25, 0.3) is 5.69 Å². The lowest BCUT2D eigenvalue weighted by Crippen LogP contribution is -2.30. The average molecular weight is 361 g/mol. The number of anilines is 1. The normalized spacial score (nSPS) is 13.0. The van der Waals surface area contributed by atoms with Crippen LogP contribution < -0.4 is 4.90 Å². The van der Waals surface area contributed by atoms with E-state index < -0.39 is 4.92 Å². The number of hydrogen-bond donors (Lipinski definition) is 0. The number of aryl methyl sites for hydroxylation is 2. The number of carbonyl (C=O) groups is 1. The molecule has 1 aromatic heterocycles. The summed E-state index contributed by atoms with van der Waals surface area (Å²) in [5.41, 5.74) is 5.51. The Balaban J connectivity index is 1.65. The third kappa shape index (κ3) is 2.93. The van der Waals surface area contributed by atoms with Crippen molar-refractivity contribution in [1.29, 1.82) is 0 Å². The van der Waals surface area contributed by atoms with Gasteiger partial charge in [0.1, 0.15) is 0 Å². The second-order valence-corrected chi connectivity index (χ2v) is 6.86. The molecule has 0 fully saturated rings. The van der Waals surface area contributed by atoms with Gasteiger partial charge in [-0.3, -0.25) is 19.9 Å². The van der Waals surface area contributed by atoms with Crippen LogP contribution >= 0.6 is 0 Å². The standard InChI is InChI=1S/C21H19N3O3/c1-13-17-5-3-4-6-19(17)22-14(2)18(13)12-21(25)23-10-9-15-11-16(24(26)27)7-8-20(15)23/h3-8,11H,9-10,12H2,1-2H3. The van der Waals surface area contributed by atoms with Gasteiger partial charge in [0.05, 0.1) is 16.9 Å². The fourth-order valence-electron chi connectivity index (χ4n) is 3.84. The van der Waals surface area contributed by atoms with Gasteiger partial charge in [-0.1, -0.05) is 18.2 Å². The number of pyridine rings is 1. The van der Waals surface area contributed by atoms with E-state index in [1.807, 2.05) is 38.1 Å². The number of carbonyl (C=O) groups excluding carboxylic acids is 1. The van der Waals surface area contributed by atoms with Crippen LogP contribution in [0.1, 0.15) is 22.4 Å². The minimum Gasteiger partial charge on any atom is -0.312 e. The highest BCUT2D eigenvalue weighted by molar-refractivity contribution is 5.98. The minimum atomic E-state index is -0.405. The zero-order chi connectivity index (χ0) is 19.1. The van der Waals surface area contributed by atoms with E-state index in [-0.39, 0.29) is 18.0 Å². The second-order valence-electron chi connectivity index (χ2n) is 6.86. The van der Waals surface area contributed by atoms with Crippen LogP contribution in [0, 0.1) is 24.0 Å². The molecule has 0 aliphatic carbocycles. The summed E-state index contributed by atoms with van der Waals surface area (Å²) in [6.07, 6.45) is 0.905. The monoisotopic (exact) mass is 361 g/mol. The summed E-state index contributed by atoms with van der Waals surface area (Å²) in [5.74, 6) is -0.00844. The Morgan fingerprint density at radius 3 is 2.78 bits per heavy atom. The Labute approximate surface area is 156 Å². The number of non-ortho nitro benzene ring substituents is 1. The van der Waals surface area contributed by atoms with E-state index in [1.165, 1.54) is 6.07 Å². The first-order valence-corrected chi connectivity index (χ1v) is 8.88. The van der Waals surface area contributed by atoms with E-state index in [4.69, 9.17) is 0 Å². The van der Waals surface area contributed by atoms with Crippen LogP contribution in [-0.4, -0.2) is 22.4 Å². The molecule has 0 spiro atoms. The second kappa shape index (κ2) is 6.46. The Bertz CT molecular complexity index is 1090. The van der Waals surface area contributed by atoms with Crippen molar-refractivity contribution in [1.82, 2.24) is 4.98 Å². The maximum absolute atomic E-state index is 13.0. The summed E-state index contributed by atoms with van der Waals surface area (Å²) >= 11 is 0. The van der Waals surface area contributed by atoms with Gasteiger partial charge in [0.15, 0.2) is 0 Å². The van der Waals surface area contributed by atoms with Crippen LogP contribution in [0.4, 0.5) is 11.4 Å². The summed E-state index contributed by atoms with van der Waals surface area (Å²) in [4.78, 5) is 29.9. The number of nitrogens with zero attached hydrogens (tertiary/aromatic N) is 3. The Morgan fingerprint density at radius 2 is 2.00 bits per heavy atom. The maximum Gasteiger partial charge on any atom is 0.269 e. The largest absolute Gasteiger partial charge is 0.312 e. The van der Waals surface area contributed by atoms with Crippen LogP contribution in [-0.2, 0) is 17.6 Å². The molecular weight excluding hydrogens is 342 g/mol. The zero-order valence-electron chi connectivity index (χ0n) is 15.2. The van der Waals surface area contributed by atoms with E-state index in [2.05, 4.69) is 4.98 Å². The number of para-hydroxylation sites is 1. The smallest absolute Gasteiger partial charge is 0.269 e. The van der Waals surface area contributed by atoms with Crippen molar-refractivity contribution >= 4 is 28.2 Å². The zero-order valence-corrected chi connectivity index (χ0v) is 15.2. The van der Waals surface area contributed by atoms with E-state index in [0.717, 1.165) is 39.0 Å². The van der Waals surface area contributed by atoms with Crippen LogP contribution in [0.3, 0.4) is 0 Å². The molecule has 0 atom stereocenters. The number of benzene rings is 2.